The summed E-state index contributed by atoms with van der Waals surface area (Å²) in [7, 11) is 7.85. The molecule has 15 heteroatoms. The molecule has 4 amide bonds. The molecule has 64 heavy (non-hydrogen) atoms. The molecule has 358 valence electrons. The van der Waals surface area contributed by atoms with E-state index in [0.29, 0.717) is 32.4 Å². The Morgan fingerprint density at radius 1 is 0.734 bits per heavy atom. The van der Waals surface area contributed by atoms with Gasteiger partial charge in [0.2, 0.25) is 23.6 Å². The van der Waals surface area contributed by atoms with Crippen LogP contribution in [-0.4, -0.2) is 147 Å². The van der Waals surface area contributed by atoms with Gasteiger partial charge < -0.3 is 39.8 Å². The second kappa shape index (κ2) is 27.5. The Hall–Kier alpha value is -4.86. The van der Waals surface area contributed by atoms with Gasteiger partial charge in [-0.15, -0.1) is 0 Å². The Morgan fingerprint density at radius 3 is 1.84 bits per heavy atom. The van der Waals surface area contributed by atoms with Gasteiger partial charge in [0.15, 0.2) is 0 Å². The average molecular weight is 896 g/mol. The average Bonchev–Trinajstić information content (AvgIpc) is 3.27. The molecule has 0 heterocycles. The fourth-order valence-electron chi connectivity index (χ4n) is 8.17. The van der Waals surface area contributed by atoms with Gasteiger partial charge in [-0.1, -0.05) is 104 Å². The number of carbonyl (C=O) groups is 6. The summed E-state index contributed by atoms with van der Waals surface area (Å²) in [6, 6.07) is 13.1. The van der Waals surface area contributed by atoms with E-state index in [0.717, 1.165) is 11.1 Å². The highest BCUT2D eigenvalue weighted by atomic mass is 16.5. The number of methoxy groups -OCH3 is 3. The third-order valence-electron chi connectivity index (χ3n) is 12.2. The Bertz CT molecular complexity index is 1770. The first-order chi connectivity index (χ1) is 30.3. The number of carboxylic acids is 1. The summed E-state index contributed by atoms with van der Waals surface area (Å²) in [6.45, 7) is 16.4. The van der Waals surface area contributed by atoms with Crippen molar-refractivity contribution in [3.05, 3.63) is 71.3 Å². The van der Waals surface area contributed by atoms with E-state index in [2.05, 4.69) is 10.6 Å². The number of amides is 4. The molecule has 0 aliphatic heterocycles. The third-order valence-corrected chi connectivity index (χ3v) is 12.2. The van der Waals surface area contributed by atoms with Crippen LogP contribution < -0.4 is 10.6 Å². The summed E-state index contributed by atoms with van der Waals surface area (Å²) in [6.07, 6.45) is 0.680. The van der Waals surface area contributed by atoms with E-state index in [4.69, 9.17) is 14.2 Å². The van der Waals surface area contributed by atoms with Crippen molar-refractivity contribution in [2.45, 2.75) is 124 Å². The maximum absolute atomic E-state index is 14.6. The van der Waals surface area contributed by atoms with E-state index < -0.39 is 60.1 Å². The molecule has 0 aliphatic rings. The largest absolute Gasteiger partial charge is 0.478 e. The molecule has 2 rings (SSSR count). The molecule has 0 bridgehead atoms. The van der Waals surface area contributed by atoms with Crippen LogP contribution in [0.4, 0.5) is 0 Å². The number of carboxylic acid groups (broad SMARTS) is 1. The van der Waals surface area contributed by atoms with Crippen LogP contribution in [0.3, 0.4) is 0 Å². The van der Waals surface area contributed by atoms with E-state index in [-0.39, 0.29) is 60.4 Å². The molecule has 1 unspecified atom stereocenters. The maximum atomic E-state index is 14.6. The molecule has 0 spiro atoms. The Morgan fingerprint density at radius 2 is 1.34 bits per heavy atom. The molecule has 8 atom stereocenters. The van der Waals surface area contributed by atoms with E-state index in [1.165, 1.54) is 21.3 Å². The molecule has 0 fully saturated rings. The standard InChI is InChI=1S/C49H77N5O10/c1-14-26-54(30-40(63-12)34(8)45(56)50-38(49(61)64-13)28-36-19-17-16-18-20-36)41(55)29-39(62-11)44(33(7)15-2)53(10)47(58)42(31(3)4)51-46(57)43(32(5)6)52(9)27-25-35-21-23-37(24-22-35)48(59)60/h16-24,31-34,38-40,42-44H,14-15,25-30H2,1-13H3,(H,50,56)(H,51,57)(H,59,60)/t33-,34+,38-,39+,40-,42?,43-,44-/m0/s1. The molecule has 15 nitrogen and oxygen atoms in total. The molecule has 2 aromatic rings. The summed E-state index contributed by atoms with van der Waals surface area (Å²) < 4.78 is 16.9. The highest BCUT2D eigenvalue weighted by Crippen LogP contribution is 2.25. The molecule has 0 saturated carbocycles. The quantitative estimate of drug-likeness (QED) is 0.0968. The van der Waals surface area contributed by atoms with Crippen LogP contribution in [0.1, 0.15) is 96.1 Å². The van der Waals surface area contributed by atoms with Crippen LogP contribution in [0.15, 0.2) is 54.6 Å². The summed E-state index contributed by atoms with van der Waals surface area (Å²) in [5.74, 6) is -3.99. The second-order valence-corrected chi connectivity index (χ2v) is 17.6. The van der Waals surface area contributed by atoms with Crippen molar-refractivity contribution in [1.29, 1.82) is 0 Å². The second-order valence-electron chi connectivity index (χ2n) is 17.6. The lowest BCUT2D eigenvalue weighted by atomic mass is 9.89. The van der Waals surface area contributed by atoms with E-state index >= 15 is 0 Å². The fourth-order valence-corrected chi connectivity index (χ4v) is 8.17. The van der Waals surface area contributed by atoms with Gasteiger partial charge in [0, 0.05) is 47.3 Å². The summed E-state index contributed by atoms with van der Waals surface area (Å²) in [4.78, 5) is 85.8. The molecule has 3 N–H and O–H groups in total. The number of likely N-dealkylation sites (N-methyl/N-ethyl adjacent to an activating group) is 2. The summed E-state index contributed by atoms with van der Waals surface area (Å²) in [5.41, 5.74) is 2.01. The van der Waals surface area contributed by atoms with Crippen LogP contribution in [-0.2, 0) is 51.0 Å². The van der Waals surface area contributed by atoms with E-state index in [1.807, 2.05) is 90.7 Å². The lowest BCUT2D eigenvalue weighted by Crippen LogP contribution is -2.60. The zero-order valence-corrected chi connectivity index (χ0v) is 40.6. The van der Waals surface area contributed by atoms with E-state index in [9.17, 15) is 33.9 Å². The minimum Gasteiger partial charge on any atom is -0.478 e. The number of nitrogens with zero attached hydrogens (tertiary/aromatic N) is 3. The number of hydrogen-bond donors (Lipinski definition) is 3. The van der Waals surface area contributed by atoms with Crippen molar-refractivity contribution in [3.8, 4) is 0 Å². The van der Waals surface area contributed by atoms with Crippen LogP contribution >= 0.6 is 0 Å². The number of hydrogen-bond acceptors (Lipinski definition) is 10. The Labute approximate surface area is 381 Å². The number of ether oxygens (including phenoxy) is 3. The van der Waals surface area contributed by atoms with Crippen molar-refractivity contribution < 1.29 is 48.1 Å². The van der Waals surface area contributed by atoms with Gasteiger partial charge in [0.05, 0.1) is 49.3 Å². The van der Waals surface area contributed by atoms with E-state index in [1.54, 1.807) is 48.0 Å². The minimum atomic E-state index is -0.991. The highest BCUT2D eigenvalue weighted by molar-refractivity contribution is 5.90. The monoisotopic (exact) mass is 896 g/mol. The minimum absolute atomic E-state index is 0.0560. The maximum Gasteiger partial charge on any atom is 0.335 e. The molecule has 0 saturated heterocycles. The molecule has 2 aromatic carbocycles. The highest BCUT2D eigenvalue weighted by Gasteiger charge is 2.40. The Kier molecular flexibility index (Phi) is 23.7. The van der Waals surface area contributed by atoms with Gasteiger partial charge in [0.1, 0.15) is 12.1 Å². The van der Waals surface area contributed by atoms with Crippen molar-refractivity contribution in [3.63, 3.8) is 0 Å². The molecular formula is C49H77N5O10. The zero-order valence-electron chi connectivity index (χ0n) is 40.6. The number of carbonyl (C=O) groups excluding carboxylic acids is 5. The van der Waals surface area contributed by atoms with Gasteiger partial charge in [-0.3, -0.25) is 24.1 Å². The van der Waals surface area contributed by atoms with Crippen LogP contribution in [0, 0.1) is 23.7 Å². The van der Waals surface area contributed by atoms with Crippen molar-refractivity contribution in [2.75, 3.05) is 55.1 Å². The number of aromatic carboxylic acids is 1. The first-order valence-electron chi connectivity index (χ1n) is 22.6. The van der Waals surface area contributed by atoms with Crippen LogP contribution in [0.2, 0.25) is 0 Å². The number of benzene rings is 2. The van der Waals surface area contributed by atoms with Crippen molar-refractivity contribution in [1.82, 2.24) is 25.3 Å². The molecular weight excluding hydrogens is 819 g/mol. The SMILES string of the molecule is CCCN(C[C@H](OC)[C@@H](C)C(=O)N[C@@H](Cc1ccccc1)C(=O)OC)C(=O)C[C@@H](OC)[C@H]([C@@H](C)CC)N(C)C(=O)C(NC(=O)[C@H](C(C)C)N(C)CCc1ccc(C(=O)O)cc1)C(C)C. The van der Waals surface area contributed by atoms with Crippen molar-refractivity contribution in [2.24, 2.45) is 23.7 Å². The number of rotatable bonds is 28. The van der Waals surface area contributed by atoms with Gasteiger partial charge >= 0.3 is 11.9 Å². The first kappa shape index (κ1) is 55.3. The van der Waals surface area contributed by atoms with Gasteiger partial charge in [-0.2, -0.15) is 0 Å². The predicted molar refractivity (Wildman–Crippen MR) is 247 cm³/mol. The smallest absolute Gasteiger partial charge is 0.335 e. The first-order valence-corrected chi connectivity index (χ1v) is 22.6. The third kappa shape index (κ3) is 16.3. The zero-order chi connectivity index (χ0) is 48.3. The molecule has 0 aromatic heterocycles. The predicted octanol–water partition coefficient (Wildman–Crippen LogP) is 5.09. The van der Waals surface area contributed by atoms with Crippen LogP contribution in [0.25, 0.3) is 0 Å². The van der Waals surface area contributed by atoms with Gasteiger partial charge in [0.25, 0.3) is 0 Å². The number of nitrogens with one attached hydrogen (secondary N) is 2. The van der Waals surface area contributed by atoms with Gasteiger partial charge in [-0.25, -0.2) is 9.59 Å². The summed E-state index contributed by atoms with van der Waals surface area (Å²) in [5, 5.41) is 15.2. The van der Waals surface area contributed by atoms with Crippen LogP contribution in [0.5, 0.6) is 0 Å². The normalized spacial score (nSPS) is 15.3. The lowest BCUT2D eigenvalue weighted by molar-refractivity contribution is -0.147. The lowest BCUT2D eigenvalue weighted by Gasteiger charge is -2.41. The molecule has 0 radical (unpaired) electrons. The summed E-state index contributed by atoms with van der Waals surface area (Å²) >= 11 is 0. The van der Waals surface area contributed by atoms with Gasteiger partial charge in [-0.05, 0) is 60.9 Å². The Balaban J connectivity index is 2.27. The fraction of sp³-hybridized carbons (Fsp3) is 0.633. The topological polar surface area (TPSA) is 184 Å². The van der Waals surface area contributed by atoms with Crippen molar-refractivity contribution >= 4 is 35.6 Å². The number of esters is 1. The molecule has 0 aliphatic carbocycles.